The summed E-state index contributed by atoms with van der Waals surface area (Å²) in [4.78, 5) is 17.1. The van der Waals surface area contributed by atoms with E-state index in [-0.39, 0.29) is 16.3 Å². The molecule has 1 aliphatic rings. The molecular formula is C22H21N5O5S2. The monoisotopic (exact) mass is 499 g/mol. The van der Waals surface area contributed by atoms with Crippen LogP contribution in [-0.2, 0) is 20.5 Å². The molecule has 176 valence electrons. The molecule has 0 radical (unpaired) electrons. The Hall–Kier alpha value is -3.06. The molecule has 4 heterocycles. The van der Waals surface area contributed by atoms with Crippen LogP contribution in [0.3, 0.4) is 0 Å². The number of aryl methyl sites for hydroxylation is 1. The number of pyridine rings is 1. The van der Waals surface area contributed by atoms with Gasteiger partial charge in [0.2, 0.25) is 15.9 Å². The average molecular weight is 500 g/mol. The van der Waals surface area contributed by atoms with Crippen LogP contribution in [0.5, 0.6) is 0 Å². The highest BCUT2D eigenvalue weighted by Crippen LogP contribution is 2.27. The maximum atomic E-state index is 12.9. The quantitative estimate of drug-likeness (QED) is 0.368. The third-order valence-corrected chi connectivity index (χ3v) is 8.05. The van der Waals surface area contributed by atoms with Gasteiger partial charge in [-0.25, -0.2) is 13.4 Å². The van der Waals surface area contributed by atoms with Gasteiger partial charge in [0, 0.05) is 36.7 Å². The minimum Gasteiger partial charge on any atom is -0.411 e. The Kier molecular flexibility index (Phi) is 6.21. The fraction of sp³-hybridized carbons (Fsp3) is 0.273. The van der Waals surface area contributed by atoms with Crippen molar-refractivity contribution >= 4 is 27.4 Å². The van der Waals surface area contributed by atoms with Gasteiger partial charge in [0.25, 0.3) is 10.8 Å². The largest absolute Gasteiger partial charge is 0.411 e. The van der Waals surface area contributed by atoms with Crippen molar-refractivity contribution in [2.45, 2.75) is 22.8 Å². The third kappa shape index (κ3) is 4.62. The summed E-state index contributed by atoms with van der Waals surface area (Å²) in [6.07, 6.45) is 1.75. The predicted octanol–water partition coefficient (Wildman–Crippen LogP) is 2.37. The van der Waals surface area contributed by atoms with Crippen LogP contribution in [0.1, 0.15) is 11.3 Å². The van der Waals surface area contributed by atoms with Crippen LogP contribution in [-0.4, -0.2) is 58.6 Å². The molecule has 1 aliphatic heterocycles. The molecule has 1 saturated heterocycles. The number of hydrogen-bond acceptors (Lipinski definition) is 9. The molecule has 4 aromatic rings. The number of benzene rings is 1. The number of aromatic nitrogens is 4. The normalized spacial score (nSPS) is 15.1. The van der Waals surface area contributed by atoms with E-state index in [1.54, 1.807) is 30.5 Å². The summed E-state index contributed by atoms with van der Waals surface area (Å²) in [5.41, 5.74) is 2.48. The number of thioether (sulfide) groups is 1. The predicted molar refractivity (Wildman–Crippen MR) is 125 cm³/mol. The molecule has 34 heavy (non-hydrogen) atoms. The first-order valence-electron chi connectivity index (χ1n) is 10.5. The van der Waals surface area contributed by atoms with Gasteiger partial charge in [-0.2, -0.15) is 4.31 Å². The lowest BCUT2D eigenvalue weighted by molar-refractivity contribution is 0.0730. The Morgan fingerprint density at radius 3 is 2.74 bits per heavy atom. The van der Waals surface area contributed by atoms with Gasteiger partial charge in [0.15, 0.2) is 0 Å². The molecule has 3 aromatic heterocycles. The number of nitrogens with zero attached hydrogens (tertiary/aromatic N) is 5. The molecule has 0 amide bonds. The topological polar surface area (TPSA) is 120 Å². The zero-order valence-corrected chi connectivity index (χ0v) is 19.9. The first-order valence-corrected chi connectivity index (χ1v) is 13.0. The van der Waals surface area contributed by atoms with Crippen LogP contribution < -0.4 is 5.56 Å². The number of morpholine rings is 1. The second-order valence-corrected chi connectivity index (χ2v) is 10.6. The Morgan fingerprint density at radius 1 is 1.09 bits per heavy atom. The van der Waals surface area contributed by atoms with Gasteiger partial charge in [-0.15, -0.1) is 10.2 Å². The maximum absolute atomic E-state index is 12.9. The molecule has 0 bridgehead atoms. The SMILES string of the molecule is Cc1ccc2nc(CSc3nnc(-c4cccc(S(=O)(=O)N5CCOCC5)c4)o3)cc(=O)n2c1. The van der Waals surface area contributed by atoms with Crippen molar-refractivity contribution in [3.05, 3.63) is 70.3 Å². The third-order valence-electron chi connectivity index (χ3n) is 5.30. The molecule has 1 fully saturated rings. The fourth-order valence-electron chi connectivity index (χ4n) is 3.58. The van der Waals surface area contributed by atoms with Crippen LogP contribution in [0.4, 0.5) is 0 Å². The van der Waals surface area contributed by atoms with E-state index in [0.29, 0.717) is 54.2 Å². The zero-order valence-electron chi connectivity index (χ0n) is 18.2. The molecule has 5 rings (SSSR count). The number of rotatable bonds is 6. The summed E-state index contributed by atoms with van der Waals surface area (Å²) in [6, 6.07) is 11.6. The van der Waals surface area contributed by atoms with Crippen LogP contribution in [0.15, 0.2) is 68.0 Å². The standard InChI is InChI=1S/C22H21N5O5S2/c1-15-5-6-19-23-17(12-20(28)27(19)13-15)14-33-22-25-24-21(32-22)16-3-2-4-18(11-16)34(29,30)26-7-9-31-10-8-26/h2-6,11-13H,7-10,14H2,1H3. The molecule has 0 unspecified atom stereocenters. The number of hydrogen-bond donors (Lipinski definition) is 0. The van der Waals surface area contributed by atoms with Gasteiger partial charge in [0.05, 0.1) is 23.8 Å². The first kappa shape index (κ1) is 22.7. The van der Waals surface area contributed by atoms with Gasteiger partial charge in [-0.3, -0.25) is 9.20 Å². The van der Waals surface area contributed by atoms with Crippen molar-refractivity contribution in [3.8, 4) is 11.5 Å². The molecule has 10 nitrogen and oxygen atoms in total. The highest BCUT2D eigenvalue weighted by Gasteiger charge is 2.27. The Morgan fingerprint density at radius 2 is 1.91 bits per heavy atom. The molecular weight excluding hydrogens is 478 g/mol. The number of fused-ring (bicyclic) bond motifs is 1. The van der Waals surface area contributed by atoms with Gasteiger partial charge >= 0.3 is 0 Å². The minimum absolute atomic E-state index is 0.159. The van der Waals surface area contributed by atoms with Crippen molar-refractivity contribution < 1.29 is 17.6 Å². The van der Waals surface area contributed by atoms with Crippen LogP contribution in [0, 0.1) is 6.92 Å². The second-order valence-electron chi connectivity index (χ2n) is 7.73. The Bertz CT molecular complexity index is 1510. The summed E-state index contributed by atoms with van der Waals surface area (Å²) in [5.74, 6) is 0.579. The Labute approximate surface area is 199 Å². The second kappa shape index (κ2) is 9.29. The van der Waals surface area contributed by atoms with E-state index in [1.807, 2.05) is 13.0 Å². The van der Waals surface area contributed by atoms with E-state index in [4.69, 9.17) is 9.15 Å². The Balaban J connectivity index is 1.33. The van der Waals surface area contributed by atoms with Gasteiger partial charge in [-0.1, -0.05) is 23.9 Å². The maximum Gasteiger partial charge on any atom is 0.277 e. The van der Waals surface area contributed by atoms with Crippen LogP contribution in [0.25, 0.3) is 17.1 Å². The van der Waals surface area contributed by atoms with Crippen molar-refractivity contribution in [1.29, 1.82) is 0 Å². The van der Waals surface area contributed by atoms with E-state index >= 15 is 0 Å². The molecule has 1 aromatic carbocycles. The summed E-state index contributed by atoms with van der Waals surface area (Å²) < 4.78 is 39.8. The lowest BCUT2D eigenvalue weighted by Gasteiger charge is -2.26. The van der Waals surface area contributed by atoms with Crippen LogP contribution in [0.2, 0.25) is 0 Å². The van der Waals surface area contributed by atoms with E-state index in [9.17, 15) is 13.2 Å². The van der Waals surface area contributed by atoms with E-state index in [1.165, 1.54) is 32.6 Å². The molecule has 0 spiro atoms. The summed E-state index contributed by atoms with van der Waals surface area (Å²) in [5, 5.41) is 8.40. The molecule has 0 aliphatic carbocycles. The van der Waals surface area contributed by atoms with Crippen molar-refractivity contribution in [2.24, 2.45) is 0 Å². The molecule has 0 N–H and O–H groups in total. The first-order chi connectivity index (χ1) is 16.4. The molecule has 0 atom stereocenters. The highest BCUT2D eigenvalue weighted by atomic mass is 32.2. The summed E-state index contributed by atoms with van der Waals surface area (Å²) in [7, 11) is -3.64. The van der Waals surface area contributed by atoms with Crippen molar-refractivity contribution in [1.82, 2.24) is 23.9 Å². The molecule has 12 heteroatoms. The molecule has 0 saturated carbocycles. The average Bonchev–Trinajstić information content (AvgIpc) is 3.33. The smallest absolute Gasteiger partial charge is 0.277 e. The lowest BCUT2D eigenvalue weighted by Crippen LogP contribution is -2.40. The van der Waals surface area contributed by atoms with Gasteiger partial charge < -0.3 is 9.15 Å². The van der Waals surface area contributed by atoms with Gasteiger partial charge in [-0.05, 0) is 36.8 Å². The van der Waals surface area contributed by atoms with E-state index < -0.39 is 10.0 Å². The minimum atomic E-state index is -3.64. The lowest BCUT2D eigenvalue weighted by atomic mass is 10.2. The highest BCUT2D eigenvalue weighted by molar-refractivity contribution is 7.98. The van der Waals surface area contributed by atoms with Crippen molar-refractivity contribution in [3.63, 3.8) is 0 Å². The van der Waals surface area contributed by atoms with Gasteiger partial charge in [0.1, 0.15) is 5.65 Å². The van der Waals surface area contributed by atoms with E-state index in [2.05, 4.69) is 15.2 Å². The fourth-order valence-corrected chi connectivity index (χ4v) is 5.69. The van der Waals surface area contributed by atoms with Crippen LogP contribution >= 0.6 is 11.8 Å². The summed E-state index contributed by atoms with van der Waals surface area (Å²) >= 11 is 1.25. The van der Waals surface area contributed by atoms with E-state index in [0.717, 1.165) is 5.56 Å². The number of sulfonamides is 1. The summed E-state index contributed by atoms with van der Waals surface area (Å²) in [6.45, 7) is 3.30. The van der Waals surface area contributed by atoms with Crippen molar-refractivity contribution in [2.75, 3.05) is 26.3 Å². The zero-order chi connectivity index (χ0) is 23.7. The number of ether oxygens (including phenoxy) is 1.